The van der Waals surface area contributed by atoms with Gasteiger partial charge < -0.3 is 14.8 Å². The highest BCUT2D eigenvalue weighted by molar-refractivity contribution is 7.89. The first-order valence-electron chi connectivity index (χ1n) is 14.5. The van der Waals surface area contributed by atoms with E-state index in [4.69, 9.17) is 9.47 Å². The molecule has 41 heavy (non-hydrogen) atoms. The molecule has 1 atom stereocenters. The van der Waals surface area contributed by atoms with E-state index in [1.807, 2.05) is 36.4 Å². The summed E-state index contributed by atoms with van der Waals surface area (Å²) in [4.78, 5) is 13.8. The molecule has 4 rings (SSSR count). The van der Waals surface area contributed by atoms with Crippen LogP contribution in [-0.4, -0.2) is 51.5 Å². The predicted molar refractivity (Wildman–Crippen MR) is 162 cm³/mol. The van der Waals surface area contributed by atoms with Crippen molar-refractivity contribution in [2.45, 2.75) is 74.8 Å². The van der Waals surface area contributed by atoms with Crippen LogP contribution >= 0.6 is 0 Å². The van der Waals surface area contributed by atoms with Gasteiger partial charge in [-0.2, -0.15) is 4.31 Å². The van der Waals surface area contributed by atoms with Crippen molar-refractivity contribution in [3.05, 3.63) is 90.0 Å². The first-order valence-corrected chi connectivity index (χ1v) is 16.0. The Kier molecular flexibility index (Phi) is 11.2. The lowest BCUT2D eigenvalue weighted by atomic mass is 9.98. The molecule has 1 N–H and O–H groups in total. The Balaban J connectivity index is 1.46. The van der Waals surface area contributed by atoms with Gasteiger partial charge in [0.05, 0.1) is 19.1 Å². The molecule has 8 heteroatoms. The van der Waals surface area contributed by atoms with Crippen LogP contribution in [0, 0.1) is 0 Å². The minimum Gasteiger partial charge on any atom is -0.493 e. The Morgan fingerprint density at radius 2 is 1.44 bits per heavy atom. The Morgan fingerprint density at radius 3 is 2.00 bits per heavy atom. The lowest BCUT2D eigenvalue weighted by Crippen LogP contribution is -2.53. The van der Waals surface area contributed by atoms with Gasteiger partial charge >= 0.3 is 0 Å². The van der Waals surface area contributed by atoms with E-state index >= 15 is 0 Å². The van der Waals surface area contributed by atoms with Gasteiger partial charge in [0.2, 0.25) is 15.9 Å². The van der Waals surface area contributed by atoms with E-state index in [1.165, 1.54) is 41.8 Å². The van der Waals surface area contributed by atoms with Crippen LogP contribution in [0.3, 0.4) is 0 Å². The highest BCUT2D eigenvalue weighted by Crippen LogP contribution is 2.33. The first-order chi connectivity index (χ1) is 19.9. The van der Waals surface area contributed by atoms with Crippen molar-refractivity contribution < 1.29 is 22.7 Å². The molecule has 0 aliphatic carbocycles. The third-order valence-electron chi connectivity index (χ3n) is 7.79. The molecule has 1 aliphatic rings. The van der Waals surface area contributed by atoms with Crippen molar-refractivity contribution in [2.75, 3.05) is 20.8 Å². The van der Waals surface area contributed by atoms with E-state index in [0.29, 0.717) is 30.9 Å². The van der Waals surface area contributed by atoms with Gasteiger partial charge in [-0.15, -0.1) is 0 Å². The largest absolute Gasteiger partial charge is 0.493 e. The zero-order valence-electron chi connectivity index (χ0n) is 24.1. The van der Waals surface area contributed by atoms with Gasteiger partial charge in [0.25, 0.3) is 0 Å². The number of hydrogen-bond donors (Lipinski definition) is 1. The van der Waals surface area contributed by atoms with Crippen LogP contribution < -0.4 is 14.8 Å². The molecule has 0 spiro atoms. The quantitative estimate of drug-likeness (QED) is 0.262. The number of piperidine rings is 1. The summed E-state index contributed by atoms with van der Waals surface area (Å²) >= 11 is 0. The molecule has 1 amide bonds. The Labute approximate surface area is 244 Å². The molecule has 1 saturated heterocycles. The summed E-state index contributed by atoms with van der Waals surface area (Å²) < 4.78 is 39.5. The van der Waals surface area contributed by atoms with E-state index < -0.39 is 16.1 Å². The Morgan fingerprint density at radius 1 is 0.854 bits per heavy atom. The molecular formula is C33H42N2O5S. The molecule has 3 aromatic carbocycles. The molecule has 0 radical (unpaired) electrons. The van der Waals surface area contributed by atoms with Crippen molar-refractivity contribution in [1.82, 2.24) is 9.62 Å². The number of amides is 1. The first kappa shape index (κ1) is 30.6. The van der Waals surface area contributed by atoms with Crippen LogP contribution in [0.1, 0.15) is 56.1 Å². The fourth-order valence-electron chi connectivity index (χ4n) is 5.55. The minimum atomic E-state index is -3.92. The fourth-order valence-corrected chi connectivity index (χ4v) is 7.22. The smallest absolute Gasteiger partial charge is 0.243 e. The zero-order valence-corrected chi connectivity index (χ0v) is 24.9. The van der Waals surface area contributed by atoms with Gasteiger partial charge in [-0.05, 0) is 74.6 Å². The molecule has 1 heterocycles. The maximum atomic E-state index is 13.8. The second kappa shape index (κ2) is 15.0. The van der Waals surface area contributed by atoms with Gasteiger partial charge in [-0.25, -0.2) is 8.42 Å². The van der Waals surface area contributed by atoms with Gasteiger partial charge in [-0.1, -0.05) is 67.1 Å². The molecule has 0 unspecified atom stereocenters. The molecule has 0 saturated carbocycles. The summed E-state index contributed by atoms with van der Waals surface area (Å²) in [6, 6.07) is 24.5. The maximum absolute atomic E-state index is 13.8. The van der Waals surface area contributed by atoms with E-state index in [-0.39, 0.29) is 16.8 Å². The topological polar surface area (TPSA) is 84.9 Å². The van der Waals surface area contributed by atoms with Crippen LogP contribution in [0.15, 0.2) is 83.8 Å². The fraction of sp³-hybridized carbons (Fsp3) is 0.424. The predicted octanol–water partition coefficient (Wildman–Crippen LogP) is 5.78. The third-order valence-corrected chi connectivity index (χ3v) is 9.69. The van der Waals surface area contributed by atoms with E-state index in [9.17, 15) is 13.2 Å². The van der Waals surface area contributed by atoms with Crippen LogP contribution in [-0.2, 0) is 27.7 Å². The van der Waals surface area contributed by atoms with Crippen molar-refractivity contribution in [1.29, 1.82) is 0 Å². The molecule has 0 bridgehead atoms. The lowest BCUT2D eigenvalue weighted by Gasteiger charge is -2.34. The van der Waals surface area contributed by atoms with Gasteiger partial charge in [0.15, 0.2) is 11.5 Å². The van der Waals surface area contributed by atoms with E-state index in [2.05, 4.69) is 29.6 Å². The minimum absolute atomic E-state index is 0.0255. The van der Waals surface area contributed by atoms with Gasteiger partial charge in [0.1, 0.15) is 6.04 Å². The standard InChI is InChI=1S/C33H42N2O5S/c1-39-31-23-22-29(25-32(31)40-2)41(37,38)35-24-10-9-21-30(35)33(36)34-28(19-11-17-26-13-5-3-6-14-26)20-12-18-27-15-7-4-8-16-27/h3-8,13-16,22-23,25,28,30H,9-12,17-21,24H2,1-2H3,(H,34,36)/t30-/m0/s1. The van der Waals surface area contributed by atoms with Crippen molar-refractivity contribution >= 4 is 15.9 Å². The number of aryl methyl sites for hydroxylation is 2. The summed E-state index contributed by atoms with van der Waals surface area (Å²) in [6.07, 6.45) is 7.46. The summed E-state index contributed by atoms with van der Waals surface area (Å²) in [6.45, 7) is 0.307. The second-order valence-electron chi connectivity index (χ2n) is 10.6. The molecule has 7 nitrogen and oxygen atoms in total. The third kappa shape index (κ3) is 8.33. The van der Waals surface area contributed by atoms with Gasteiger partial charge in [0, 0.05) is 18.7 Å². The molecule has 3 aromatic rings. The number of methoxy groups -OCH3 is 2. The Bertz CT molecular complexity index is 1300. The second-order valence-corrected chi connectivity index (χ2v) is 12.5. The Hall–Kier alpha value is -3.36. The van der Waals surface area contributed by atoms with Crippen LogP contribution in [0.25, 0.3) is 0 Å². The molecule has 1 fully saturated rings. The lowest BCUT2D eigenvalue weighted by molar-refractivity contribution is -0.126. The average Bonchev–Trinajstić information content (AvgIpc) is 3.01. The van der Waals surface area contributed by atoms with Crippen LogP contribution in [0.5, 0.6) is 11.5 Å². The number of nitrogens with zero attached hydrogens (tertiary/aromatic N) is 1. The highest BCUT2D eigenvalue weighted by atomic mass is 32.2. The number of sulfonamides is 1. The number of ether oxygens (including phenoxy) is 2. The molecule has 1 aliphatic heterocycles. The highest BCUT2D eigenvalue weighted by Gasteiger charge is 2.38. The summed E-state index contributed by atoms with van der Waals surface area (Å²) in [5, 5.41) is 3.26. The normalized spacial score (nSPS) is 15.9. The van der Waals surface area contributed by atoms with Crippen LogP contribution in [0.4, 0.5) is 0 Å². The zero-order chi connectivity index (χ0) is 29.1. The molecular weight excluding hydrogens is 536 g/mol. The average molecular weight is 579 g/mol. The number of benzene rings is 3. The monoisotopic (exact) mass is 578 g/mol. The van der Waals surface area contributed by atoms with Gasteiger partial charge in [-0.3, -0.25) is 4.79 Å². The van der Waals surface area contributed by atoms with Crippen molar-refractivity contribution in [2.24, 2.45) is 0 Å². The number of rotatable bonds is 14. The van der Waals surface area contributed by atoms with Crippen molar-refractivity contribution in [3.8, 4) is 11.5 Å². The number of hydrogen-bond acceptors (Lipinski definition) is 5. The SMILES string of the molecule is COc1ccc(S(=O)(=O)N2CCCC[C@H]2C(=O)NC(CCCc2ccccc2)CCCc2ccccc2)cc1OC. The van der Waals surface area contributed by atoms with E-state index in [1.54, 1.807) is 6.07 Å². The van der Waals surface area contributed by atoms with Crippen molar-refractivity contribution in [3.63, 3.8) is 0 Å². The summed E-state index contributed by atoms with van der Waals surface area (Å²) in [5.41, 5.74) is 2.56. The number of carbonyl (C=O) groups is 1. The van der Waals surface area contributed by atoms with E-state index in [0.717, 1.165) is 44.9 Å². The summed E-state index contributed by atoms with van der Waals surface area (Å²) in [7, 11) is -0.938. The van der Waals surface area contributed by atoms with Crippen LogP contribution in [0.2, 0.25) is 0 Å². The summed E-state index contributed by atoms with van der Waals surface area (Å²) in [5.74, 6) is 0.579. The maximum Gasteiger partial charge on any atom is 0.243 e. The number of carbonyl (C=O) groups excluding carboxylic acids is 1. The molecule has 0 aromatic heterocycles. The number of nitrogens with one attached hydrogen (secondary N) is 1. The molecule has 220 valence electrons.